The number of nitrogens with one attached hydrogen (secondary N) is 1. The lowest BCUT2D eigenvalue weighted by molar-refractivity contribution is -0.132. The molecule has 60 valence electrons. The molecule has 0 fully saturated rings. The molecule has 0 saturated heterocycles. The van der Waals surface area contributed by atoms with Gasteiger partial charge >= 0.3 is 5.97 Å². The summed E-state index contributed by atoms with van der Waals surface area (Å²) in [6.07, 6.45) is 1.68. The van der Waals surface area contributed by atoms with Crippen LogP contribution in [0.3, 0.4) is 0 Å². The largest absolute Gasteiger partial charge is 0.478 e. The number of rotatable bonds is 1. The Bertz CT molecular complexity index is 257. The van der Waals surface area contributed by atoms with Gasteiger partial charge in [-0.05, 0) is 51.3 Å². The number of dihydropyridines is 1. The van der Waals surface area contributed by atoms with Crippen LogP contribution in [-0.4, -0.2) is 17.6 Å². The predicted octanol–water partition coefficient (Wildman–Crippen LogP) is 1.64. The van der Waals surface area contributed by atoms with Gasteiger partial charge in [-0.3, -0.25) is 0 Å². The smallest absolute Gasteiger partial charge is 0.338 e. The summed E-state index contributed by atoms with van der Waals surface area (Å²) in [4.78, 5) is 10.6. The van der Waals surface area contributed by atoms with Crippen molar-refractivity contribution in [3.63, 3.8) is 0 Å². The highest BCUT2D eigenvalue weighted by Crippen LogP contribution is 2.20. The highest BCUT2D eigenvalue weighted by atomic mass is 127. The fourth-order valence-electron chi connectivity index (χ4n) is 0.684. The average molecular weight is 377 g/mol. The predicted molar refractivity (Wildman–Crippen MR) is 58.8 cm³/mol. The third-order valence-electron chi connectivity index (χ3n) is 1.18. The summed E-state index contributed by atoms with van der Waals surface area (Å²) < 4.78 is 1.72. The maximum atomic E-state index is 10.6. The number of halogens is 2. The molecular formula is C6H5I2NO2. The molecule has 0 radical (unpaired) electrons. The zero-order chi connectivity index (χ0) is 8.43. The highest BCUT2D eigenvalue weighted by Gasteiger charge is 2.14. The summed E-state index contributed by atoms with van der Waals surface area (Å²) >= 11 is 4.10. The highest BCUT2D eigenvalue weighted by molar-refractivity contribution is 14.1. The molecule has 0 spiro atoms. The second-order valence-electron chi connectivity index (χ2n) is 1.98. The summed E-state index contributed by atoms with van der Waals surface area (Å²) in [6.45, 7) is 0.732. The molecule has 0 aromatic rings. The Morgan fingerprint density at radius 3 is 2.73 bits per heavy atom. The van der Waals surface area contributed by atoms with Crippen molar-refractivity contribution in [2.75, 3.05) is 6.54 Å². The van der Waals surface area contributed by atoms with E-state index in [4.69, 9.17) is 5.11 Å². The van der Waals surface area contributed by atoms with E-state index in [-0.39, 0.29) is 0 Å². The molecule has 0 saturated carbocycles. The van der Waals surface area contributed by atoms with E-state index in [1.807, 2.05) is 22.6 Å². The number of carboxylic acids is 1. The van der Waals surface area contributed by atoms with Crippen molar-refractivity contribution in [1.29, 1.82) is 0 Å². The summed E-state index contributed by atoms with van der Waals surface area (Å²) in [5, 5.41) is 11.6. The van der Waals surface area contributed by atoms with Gasteiger partial charge in [0.1, 0.15) is 0 Å². The first-order valence-corrected chi connectivity index (χ1v) is 5.00. The molecule has 11 heavy (non-hydrogen) atoms. The molecule has 1 aliphatic rings. The number of aliphatic carboxylic acids is 1. The number of carbonyl (C=O) groups is 1. The molecule has 3 nitrogen and oxygen atoms in total. The summed E-state index contributed by atoms with van der Waals surface area (Å²) in [6, 6.07) is 0. The van der Waals surface area contributed by atoms with Crippen LogP contribution in [0.1, 0.15) is 0 Å². The Morgan fingerprint density at radius 2 is 2.27 bits per heavy atom. The van der Waals surface area contributed by atoms with Crippen molar-refractivity contribution in [2.45, 2.75) is 0 Å². The van der Waals surface area contributed by atoms with Crippen LogP contribution in [0.5, 0.6) is 0 Å². The normalized spacial score (nSPS) is 17.5. The van der Waals surface area contributed by atoms with Crippen LogP contribution in [0, 0.1) is 0 Å². The van der Waals surface area contributed by atoms with E-state index in [0.29, 0.717) is 9.28 Å². The molecule has 2 N–H and O–H groups in total. The molecule has 0 aromatic heterocycles. The van der Waals surface area contributed by atoms with Gasteiger partial charge in [-0.15, -0.1) is 0 Å². The van der Waals surface area contributed by atoms with Crippen molar-refractivity contribution in [3.8, 4) is 0 Å². The first-order valence-electron chi connectivity index (χ1n) is 2.84. The minimum atomic E-state index is -0.879. The molecule has 0 atom stereocenters. The Kier molecular flexibility index (Phi) is 3.16. The molecule has 0 aromatic carbocycles. The van der Waals surface area contributed by atoms with Crippen LogP contribution in [-0.2, 0) is 4.79 Å². The first kappa shape index (κ1) is 9.30. The van der Waals surface area contributed by atoms with Gasteiger partial charge in [0.25, 0.3) is 0 Å². The maximum Gasteiger partial charge on any atom is 0.338 e. The monoisotopic (exact) mass is 377 g/mol. The van der Waals surface area contributed by atoms with Crippen molar-refractivity contribution in [3.05, 3.63) is 18.9 Å². The standard InChI is InChI=1S/C6H5I2NO2/c7-3-1-4(6(10)11)5(8)9-2-3/h1,9H,2H2,(H,10,11). The molecule has 0 aliphatic carbocycles. The van der Waals surface area contributed by atoms with Gasteiger partial charge in [0.2, 0.25) is 0 Å². The number of hydrogen-bond donors (Lipinski definition) is 2. The summed E-state index contributed by atoms with van der Waals surface area (Å²) in [5.74, 6) is -0.879. The fourth-order valence-corrected chi connectivity index (χ4v) is 1.76. The minimum absolute atomic E-state index is 0.348. The van der Waals surface area contributed by atoms with Crippen LogP contribution in [0.15, 0.2) is 18.9 Å². The van der Waals surface area contributed by atoms with Gasteiger partial charge in [-0.1, -0.05) is 0 Å². The van der Waals surface area contributed by atoms with E-state index < -0.39 is 5.97 Å². The van der Waals surface area contributed by atoms with Gasteiger partial charge in [0, 0.05) is 10.1 Å². The lowest BCUT2D eigenvalue weighted by Crippen LogP contribution is -2.19. The lowest BCUT2D eigenvalue weighted by atomic mass is 10.2. The molecule has 1 aliphatic heterocycles. The van der Waals surface area contributed by atoms with Gasteiger partial charge in [0.15, 0.2) is 0 Å². The van der Waals surface area contributed by atoms with Crippen LogP contribution in [0.4, 0.5) is 0 Å². The zero-order valence-corrected chi connectivity index (χ0v) is 9.71. The molecule has 0 bridgehead atoms. The SMILES string of the molecule is O=C(O)C1=C(I)NCC(I)=C1. The van der Waals surface area contributed by atoms with Crippen LogP contribution < -0.4 is 5.32 Å². The molecule has 0 unspecified atom stereocenters. The lowest BCUT2D eigenvalue weighted by Gasteiger charge is -2.12. The van der Waals surface area contributed by atoms with Gasteiger partial charge in [-0.25, -0.2) is 4.79 Å². The van der Waals surface area contributed by atoms with Crippen LogP contribution in [0.25, 0.3) is 0 Å². The van der Waals surface area contributed by atoms with Crippen molar-refractivity contribution in [1.82, 2.24) is 5.32 Å². The quantitative estimate of drug-likeness (QED) is 0.540. The molecule has 1 heterocycles. The van der Waals surface area contributed by atoms with Crippen LogP contribution >= 0.6 is 45.2 Å². The Hall–Kier alpha value is 0.210. The maximum absolute atomic E-state index is 10.6. The first-order chi connectivity index (χ1) is 5.11. The molecule has 1 rings (SSSR count). The summed E-state index contributed by atoms with van der Waals surface area (Å²) in [7, 11) is 0. The average Bonchev–Trinajstić information content (AvgIpc) is 1.94. The van der Waals surface area contributed by atoms with Gasteiger partial charge in [0.05, 0.1) is 9.28 Å². The summed E-state index contributed by atoms with van der Waals surface area (Å²) in [5.41, 5.74) is 0.348. The van der Waals surface area contributed by atoms with E-state index in [2.05, 4.69) is 27.9 Å². The third-order valence-corrected chi connectivity index (χ3v) is 2.84. The number of hydrogen-bond acceptors (Lipinski definition) is 2. The molecule has 0 amide bonds. The second kappa shape index (κ2) is 3.74. The fraction of sp³-hybridized carbons (Fsp3) is 0.167. The topological polar surface area (TPSA) is 49.3 Å². The van der Waals surface area contributed by atoms with Crippen molar-refractivity contribution >= 4 is 51.2 Å². The second-order valence-corrected chi connectivity index (χ2v) is 4.44. The number of carboxylic acid groups (broad SMARTS) is 1. The Morgan fingerprint density at radius 1 is 1.64 bits per heavy atom. The Balaban J connectivity index is 2.98. The minimum Gasteiger partial charge on any atom is -0.478 e. The Labute approximate surface area is 91.2 Å². The van der Waals surface area contributed by atoms with Gasteiger partial charge in [-0.2, -0.15) is 0 Å². The van der Waals surface area contributed by atoms with Crippen molar-refractivity contribution in [2.24, 2.45) is 0 Å². The van der Waals surface area contributed by atoms with Gasteiger partial charge < -0.3 is 10.4 Å². The zero-order valence-electron chi connectivity index (χ0n) is 5.40. The van der Waals surface area contributed by atoms with Crippen LogP contribution in [0.2, 0.25) is 0 Å². The molecule has 5 heteroatoms. The molecular weight excluding hydrogens is 372 g/mol. The van der Waals surface area contributed by atoms with E-state index in [1.165, 1.54) is 0 Å². The van der Waals surface area contributed by atoms with E-state index >= 15 is 0 Å². The van der Waals surface area contributed by atoms with E-state index in [9.17, 15) is 4.79 Å². The van der Waals surface area contributed by atoms with Crippen molar-refractivity contribution < 1.29 is 9.90 Å². The third kappa shape index (κ3) is 2.32. The van der Waals surface area contributed by atoms with E-state index in [1.54, 1.807) is 6.08 Å². The van der Waals surface area contributed by atoms with E-state index in [0.717, 1.165) is 10.1 Å².